The first-order valence-corrected chi connectivity index (χ1v) is 14.9. The van der Waals surface area contributed by atoms with Crippen molar-refractivity contribution in [1.82, 2.24) is 9.97 Å². The molecule has 8 aromatic rings. The predicted octanol–water partition coefficient (Wildman–Crippen LogP) is 10.7. The number of para-hydroxylation sites is 1. The zero-order valence-electron chi connectivity index (χ0n) is 24.1. The van der Waals surface area contributed by atoms with Gasteiger partial charge in [0.25, 0.3) is 0 Å². The monoisotopic (exact) mass is 548 g/mol. The van der Waals surface area contributed by atoms with Crippen LogP contribution in [0.3, 0.4) is 0 Å². The topological polar surface area (TPSA) is 25.8 Å². The Labute approximate surface area is 250 Å². The summed E-state index contributed by atoms with van der Waals surface area (Å²) in [6.07, 6.45) is 1.93. The summed E-state index contributed by atoms with van der Waals surface area (Å²) in [5.41, 5.74) is 10.5. The first-order chi connectivity index (χ1) is 21.1. The van der Waals surface area contributed by atoms with Crippen LogP contribution in [0.25, 0.3) is 76.9 Å². The van der Waals surface area contributed by atoms with Crippen molar-refractivity contribution in [2.45, 2.75) is 19.3 Å². The Morgan fingerprint density at radius 1 is 0.465 bits per heavy atom. The minimum atomic E-state index is -0.0828. The molecule has 0 aliphatic heterocycles. The van der Waals surface area contributed by atoms with Gasteiger partial charge in [-0.05, 0) is 74.1 Å². The molecule has 0 spiro atoms. The lowest BCUT2D eigenvalue weighted by Crippen LogP contribution is -2.14. The van der Waals surface area contributed by atoms with Gasteiger partial charge in [0.1, 0.15) is 0 Å². The molecule has 0 atom stereocenters. The summed E-state index contributed by atoms with van der Waals surface area (Å²) < 4.78 is 0. The maximum absolute atomic E-state index is 5.31. The Bertz CT molecular complexity index is 2430. The molecule has 6 aromatic carbocycles. The molecule has 2 aromatic heterocycles. The summed E-state index contributed by atoms with van der Waals surface area (Å²) in [4.78, 5) is 10.2. The van der Waals surface area contributed by atoms with E-state index in [2.05, 4.69) is 141 Å². The van der Waals surface area contributed by atoms with Gasteiger partial charge in [0.15, 0.2) is 0 Å². The van der Waals surface area contributed by atoms with Gasteiger partial charge in [-0.3, -0.25) is 4.98 Å². The molecule has 1 aliphatic rings. The zero-order valence-corrected chi connectivity index (χ0v) is 24.1. The van der Waals surface area contributed by atoms with Gasteiger partial charge in [-0.2, -0.15) is 0 Å². The minimum absolute atomic E-state index is 0.0828. The van der Waals surface area contributed by atoms with Gasteiger partial charge in [-0.1, -0.05) is 111 Å². The largest absolute Gasteiger partial charge is 0.256 e. The molecule has 0 radical (unpaired) electrons. The maximum atomic E-state index is 5.31. The molecule has 1 aliphatic carbocycles. The second kappa shape index (κ2) is 8.83. The zero-order chi connectivity index (χ0) is 28.7. The van der Waals surface area contributed by atoms with Crippen LogP contribution in [-0.4, -0.2) is 9.97 Å². The van der Waals surface area contributed by atoms with Crippen molar-refractivity contribution in [3.8, 4) is 33.6 Å². The summed E-state index contributed by atoms with van der Waals surface area (Å²) in [5.74, 6) is 0. The SMILES string of the molecule is CC1(C)c2ccccc2-c2cc3c(cc21)c(-c1cccc(-c2nccc4c2ccc2ccccc24)c1)nc1ccccc13. The van der Waals surface area contributed by atoms with E-state index in [0.29, 0.717) is 0 Å². The molecule has 0 saturated carbocycles. The van der Waals surface area contributed by atoms with Crippen molar-refractivity contribution in [2.24, 2.45) is 0 Å². The summed E-state index contributed by atoms with van der Waals surface area (Å²) >= 11 is 0. The predicted molar refractivity (Wildman–Crippen MR) is 180 cm³/mol. The van der Waals surface area contributed by atoms with Crippen molar-refractivity contribution in [3.05, 3.63) is 145 Å². The molecule has 2 heterocycles. The van der Waals surface area contributed by atoms with E-state index >= 15 is 0 Å². The second-order valence-corrected chi connectivity index (χ2v) is 12.2. The number of benzene rings is 6. The van der Waals surface area contributed by atoms with Gasteiger partial charge < -0.3 is 0 Å². The Morgan fingerprint density at radius 2 is 1.23 bits per heavy atom. The molecule has 0 bridgehead atoms. The van der Waals surface area contributed by atoms with Crippen molar-refractivity contribution >= 4 is 43.2 Å². The summed E-state index contributed by atoms with van der Waals surface area (Å²) in [6.45, 7) is 4.68. The van der Waals surface area contributed by atoms with Crippen LogP contribution in [0.1, 0.15) is 25.0 Å². The molecule has 0 amide bonds. The van der Waals surface area contributed by atoms with Crippen molar-refractivity contribution in [1.29, 1.82) is 0 Å². The van der Waals surface area contributed by atoms with Crippen molar-refractivity contribution in [3.63, 3.8) is 0 Å². The van der Waals surface area contributed by atoms with Crippen LogP contribution >= 0.6 is 0 Å². The van der Waals surface area contributed by atoms with Crippen LogP contribution in [0.15, 0.2) is 134 Å². The van der Waals surface area contributed by atoms with E-state index in [9.17, 15) is 0 Å². The lowest BCUT2D eigenvalue weighted by Gasteiger charge is -2.22. The second-order valence-electron chi connectivity index (χ2n) is 12.2. The fourth-order valence-corrected chi connectivity index (χ4v) is 7.35. The number of aromatic nitrogens is 2. The van der Waals surface area contributed by atoms with Crippen LogP contribution in [0, 0.1) is 0 Å². The first-order valence-electron chi connectivity index (χ1n) is 14.9. The van der Waals surface area contributed by atoms with Gasteiger partial charge in [0.2, 0.25) is 0 Å². The maximum Gasteiger partial charge on any atom is 0.0788 e. The number of rotatable bonds is 2. The fourth-order valence-electron chi connectivity index (χ4n) is 7.35. The van der Waals surface area contributed by atoms with Crippen LogP contribution in [-0.2, 0) is 5.41 Å². The summed E-state index contributed by atoms with van der Waals surface area (Å²) in [7, 11) is 0. The van der Waals surface area contributed by atoms with Crippen molar-refractivity contribution < 1.29 is 0 Å². The minimum Gasteiger partial charge on any atom is -0.256 e. The van der Waals surface area contributed by atoms with E-state index in [4.69, 9.17) is 9.97 Å². The van der Waals surface area contributed by atoms with Gasteiger partial charge >= 0.3 is 0 Å². The van der Waals surface area contributed by atoms with E-state index < -0.39 is 0 Å². The quantitative estimate of drug-likeness (QED) is 0.201. The van der Waals surface area contributed by atoms with Gasteiger partial charge in [0, 0.05) is 38.9 Å². The molecule has 43 heavy (non-hydrogen) atoms. The van der Waals surface area contributed by atoms with Crippen molar-refractivity contribution in [2.75, 3.05) is 0 Å². The fraction of sp³-hybridized carbons (Fsp3) is 0.0732. The van der Waals surface area contributed by atoms with Crippen LogP contribution in [0.4, 0.5) is 0 Å². The molecule has 2 heteroatoms. The number of hydrogen-bond acceptors (Lipinski definition) is 2. The molecule has 0 N–H and O–H groups in total. The van der Waals surface area contributed by atoms with E-state index in [1.807, 2.05) is 6.20 Å². The number of pyridine rings is 2. The molecule has 0 fully saturated rings. The molecule has 9 rings (SSSR count). The van der Waals surface area contributed by atoms with Gasteiger partial charge in [-0.25, -0.2) is 4.98 Å². The molecule has 202 valence electrons. The van der Waals surface area contributed by atoms with Crippen LogP contribution < -0.4 is 0 Å². The highest BCUT2D eigenvalue weighted by Crippen LogP contribution is 2.51. The third-order valence-electron chi connectivity index (χ3n) is 9.48. The van der Waals surface area contributed by atoms with Gasteiger partial charge in [0.05, 0.1) is 16.9 Å². The smallest absolute Gasteiger partial charge is 0.0788 e. The Kier molecular flexibility index (Phi) is 4.99. The van der Waals surface area contributed by atoms with Gasteiger partial charge in [-0.15, -0.1) is 0 Å². The standard InChI is InChI=1S/C41H28N2/c1-41(2)36-16-7-5-14-30(36)34-23-33-31-15-6-8-17-38(31)43-40(35(33)24-37(34)41)27-12-9-11-26(22-27)39-32-19-18-25-10-3-4-13-28(25)29(32)20-21-42-39/h3-24H,1-2H3. The molecular formula is C41H28N2. The van der Waals surface area contributed by atoms with E-state index in [-0.39, 0.29) is 5.41 Å². The number of fused-ring (bicyclic) bond motifs is 9. The highest BCUT2D eigenvalue weighted by atomic mass is 14.7. The molecule has 0 saturated heterocycles. The highest BCUT2D eigenvalue weighted by Gasteiger charge is 2.35. The molecular weight excluding hydrogens is 520 g/mol. The highest BCUT2D eigenvalue weighted by molar-refractivity contribution is 6.14. The summed E-state index contributed by atoms with van der Waals surface area (Å²) in [5, 5.41) is 8.49. The van der Waals surface area contributed by atoms with E-state index in [1.54, 1.807) is 0 Å². The Balaban J connectivity index is 1.30. The third kappa shape index (κ3) is 3.47. The average molecular weight is 549 g/mol. The lowest BCUT2D eigenvalue weighted by molar-refractivity contribution is 0.661. The van der Waals surface area contributed by atoms with Crippen LogP contribution in [0.2, 0.25) is 0 Å². The Hall–Kier alpha value is -5.34. The third-order valence-corrected chi connectivity index (χ3v) is 9.48. The van der Waals surface area contributed by atoms with E-state index in [0.717, 1.165) is 33.4 Å². The average Bonchev–Trinajstić information content (AvgIpc) is 3.29. The van der Waals surface area contributed by atoms with E-state index in [1.165, 1.54) is 54.6 Å². The first kappa shape index (κ1) is 24.3. The Morgan fingerprint density at radius 3 is 2.14 bits per heavy atom. The summed E-state index contributed by atoms with van der Waals surface area (Å²) in [6, 6.07) is 46.1. The normalized spacial score (nSPS) is 13.5. The number of hydrogen-bond donors (Lipinski definition) is 0. The number of nitrogens with zero attached hydrogens (tertiary/aromatic N) is 2. The molecule has 2 nitrogen and oxygen atoms in total. The lowest BCUT2D eigenvalue weighted by atomic mass is 9.81. The molecule has 0 unspecified atom stereocenters. The van der Waals surface area contributed by atoms with Crippen LogP contribution in [0.5, 0.6) is 0 Å².